The third kappa shape index (κ3) is 8.78. The van der Waals surface area contributed by atoms with Gasteiger partial charge in [-0.2, -0.15) is 0 Å². The second-order valence-electron chi connectivity index (χ2n) is 10.2. The predicted molar refractivity (Wildman–Crippen MR) is 162 cm³/mol. The van der Waals surface area contributed by atoms with Gasteiger partial charge in [-0.25, -0.2) is 13.8 Å². The average molecular weight is 567 g/mol. The predicted octanol–water partition coefficient (Wildman–Crippen LogP) is 5.07. The van der Waals surface area contributed by atoms with E-state index in [2.05, 4.69) is 31.3 Å². The number of anilines is 1. The van der Waals surface area contributed by atoms with Gasteiger partial charge in [-0.3, -0.25) is 14.6 Å². The Morgan fingerprint density at radius 2 is 1.93 bits per heavy atom. The molecule has 0 bridgehead atoms. The van der Waals surface area contributed by atoms with Crippen molar-refractivity contribution < 1.29 is 18.4 Å². The lowest BCUT2D eigenvalue weighted by Gasteiger charge is -2.19. The molecule has 1 saturated heterocycles. The summed E-state index contributed by atoms with van der Waals surface area (Å²) in [6.07, 6.45) is 8.29. The zero-order valence-corrected chi connectivity index (χ0v) is 24.4. The highest BCUT2D eigenvalue weighted by Crippen LogP contribution is 2.31. The monoisotopic (exact) mass is 566 g/mol. The van der Waals surface area contributed by atoms with Gasteiger partial charge in [0.05, 0.1) is 11.8 Å². The molecule has 2 aliphatic rings. The molecule has 1 aromatic rings. The number of alkyl halides is 1. The van der Waals surface area contributed by atoms with Gasteiger partial charge in [-0.1, -0.05) is 25.2 Å². The minimum atomic E-state index is -1.66. The van der Waals surface area contributed by atoms with Crippen LogP contribution in [0.15, 0.2) is 75.8 Å². The topological polar surface area (TPSA) is 107 Å². The smallest absolute Gasteiger partial charge is 0.251 e. The molecule has 4 N–H and O–H groups in total. The number of rotatable bonds is 10. The molecule has 3 rings (SSSR count). The van der Waals surface area contributed by atoms with E-state index in [0.717, 1.165) is 24.9 Å². The summed E-state index contributed by atoms with van der Waals surface area (Å²) in [4.78, 5) is 33.7. The number of allylic oxidation sites excluding steroid dienone is 6. The molecule has 8 nitrogen and oxygen atoms in total. The zero-order chi connectivity index (χ0) is 29.9. The second-order valence-corrected chi connectivity index (χ2v) is 10.2. The first-order chi connectivity index (χ1) is 19.6. The van der Waals surface area contributed by atoms with Crippen LogP contribution in [0.2, 0.25) is 0 Å². The van der Waals surface area contributed by atoms with E-state index in [1.165, 1.54) is 6.20 Å². The lowest BCUT2D eigenvalue weighted by Crippen LogP contribution is -2.43. The highest BCUT2D eigenvalue weighted by molar-refractivity contribution is 6.45. The van der Waals surface area contributed by atoms with Crippen molar-refractivity contribution >= 4 is 29.0 Å². The number of nitrogens with zero attached hydrogens (tertiary/aromatic N) is 2. The standard InChI is InChI=1S/C31H40F2N6O2/c1-6-13-35-29(22(5)38-18-21(4)24-11-9-19(2)27(32)28(24)33)39-23-10-12-25(20(3)17-23)30(40)36-15-16-37-31(41)26-8-7-14-34-26/h6,9-13,17-19,26-27,34H,7-8,14-16H2,1-5H3,(H,35,39)(H,36,40)(H,37,41)/b13-6-,21-18+,38-22?. The van der Waals surface area contributed by atoms with Gasteiger partial charge in [0.1, 0.15) is 5.83 Å². The van der Waals surface area contributed by atoms with E-state index in [-0.39, 0.29) is 23.4 Å². The highest BCUT2D eigenvalue weighted by Gasteiger charge is 2.26. The molecule has 1 heterocycles. The Hall–Kier alpha value is -3.92. The fourth-order valence-electron chi connectivity index (χ4n) is 4.44. The van der Waals surface area contributed by atoms with Crippen molar-refractivity contribution in [2.75, 3.05) is 25.0 Å². The van der Waals surface area contributed by atoms with Gasteiger partial charge >= 0.3 is 0 Å². The van der Waals surface area contributed by atoms with Crippen LogP contribution in [0.25, 0.3) is 0 Å². The van der Waals surface area contributed by atoms with Gasteiger partial charge in [0, 0.05) is 48.2 Å². The first kappa shape index (κ1) is 31.6. The van der Waals surface area contributed by atoms with E-state index in [1.807, 2.05) is 19.9 Å². The van der Waals surface area contributed by atoms with Gasteiger partial charge in [-0.05, 0) is 76.4 Å². The molecule has 0 aromatic heterocycles. The third-order valence-corrected chi connectivity index (χ3v) is 6.92. The minimum Gasteiger partial charge on any atom is -0.353 e. The Morgan fingerprint density at radius 3 is 2.61 bits per heavy atom. The fourth-order valence-corrected chi connectivity index (χ4v) is 4.44. The molecule has 1 aliphatic heterocycles. The minimum absolute atomic E-state index is 0.0404. The molecule has 3 atom stereocenters. The van der Waals surface area contributed by atoms with Crippen molar-refractivity contribution in [3.8, 4) is 0 Å². The first-order valence-electron chi connectivity index (χ1n) is 13.9. The lowest BCUT2D eigenvalue weighted by molar-refractivity contribution is -0.122. The molecule has 0 saturated carbocycles. The van der Waals surface area contributed by atoms with E-state index in [0.29, 0.717) is 41.5 Å². The molecule has 0 radical (unpaired) electrons. The van der Waals surface area contributed by atoms with Crippen molar-refractivity contribution in [1.29, 1.82) is 0 Å². The summed E-state index contributed by atoms with van der Waals surface area (Å²) < 4.78 is 28.6. The largest absolute Gasteiger partial charge is 0.353 e. The van der Waals surface area contributed by atoms with Gasteiger partial charge in [0.25, 0.3) is 5.91 Å². The van der Waals surface area contributed by atoms with E-state index in [9.17, 15) is 18.4 Å². The fraction of sp³-hybridized carbons (Fsp3) is 0.419. The number of hydrogen-bond acceptors (Lipinski definition) is 5. The van der Waals surface area contributed by atoms with Crippen molar-refractivity contribution in [1.82, 2.24) is 16.0 Å². The van der Waals surface area contributed by atoms with Crippen LogP contribution < -0.4 is 21.3 Å². The molecule has 1 aliphatic carbocycles. The van der Waals surface area contributed by atoms with E-state index < -0.39 is 17.9 Å². The zero-order valence-electron chi connectivity index (χ0n) is 24.4. The summed E-state index contributed by atoms with van der Waals surface area (Å²) in [5.74, 6) is -1.10. The third-order valence-electron chi connectivity index (χ3n) is 6.92. The van der Waals surface area contributed by atoms with E-state index in [4.69, 9.17) is 0 Å². The summed E-state index contributed by atoms with van der Waals surface area (Å²) in [6.45, 7) is 10.3. The summed E-state index contributed by atoms with van der Waals surface area (Å²) in [5.41, 5.74) is 3.20. The Kier molecular flexibility index (Phi) is 11.7. The van der Waals surface area contributed by atoms with Crippen molar-refractivity contribution in [3.63, 3.8) is 0 Å². The van der Waals surface area contributed by atoms with Gasteiger partial charge in [-0.15, -0.1) is 0 Å². The number of nitrogens with one attached hydrogen (secondary N) is 4. The Morgan fingerprint density at radius 1 is 1.17 bits per heavy atom. The summed E-state index contributed by atoms with van der Waals surface area (Å²) in [6, 6.07) is 5.17. The molecular formula is C31H40F2N6O2. The number of aliphatic imine (C=N–C) groups is 2. The van der Waals surface area contributed by atoms with Crippen LogP contribution in [0, 0.1) is 12.8 Å². The van der Waals surface area contributed by atoms with E-state index in [1.54, 1.807) is 57.3 Å². The number of benzene rings is 1. The summed E-state index contributed by atoms with van der Waals surface area (Å²) in [7, 11) is 0. The maximum atomic E-state index is 14.5. The van der Waals surface area contributed by atoms with Crippen molar-refractivity contribution in [2.24, 2.45) is 15.9 Å². The highest BCUT2D eigenvalue weighted by atomic mass is 19.2. The summed E-state index contributed by atoms with van der Waals surface area (Å²) in [5, 5.41) is 12.1. The molecule has 41 heavy (non-hydrogen) atoms. The van der Waals surface area contributed by atoms with Gasteiger partial charge in [0.15, 0.2) is 12.0 Å². The molecule has 220 valence electrons. The molecule has 10 heteroatoms. The quantitative estimate of drug-likeness (QED) is 0.180. The molecule has 1 fully saturated rings. The Balaban J connectivity index is 1.64. The van der Waals surface area contributed by atoms with Gasteiger partial charge < -0.3 is 21.3 Å². The number of carbonyl (C=O) groups excluding carboxylic acids is 2. The molecule has 0 spiro atoms. The molecule has 3 unspecified atom stereocenters. The number of carbonyl (C=O) groups is 2. The SMILES string of the molecule is C/C=C\N=C(Nc1ccc(C(=O)NCCNC(=O)C2CCCN2)c(C)c1)C(C)=N/C=C(\C)C1=C(F)C(F)C(C)C=C1. The van der Waals surface area contributed by atoms with Crippen molar-refractivity contribution in [3.05, 3.63) is 76.9 Å². The van der Waals surface area contributed by atoms with E-state index >= 15 is 0 Å². The van der Waals surface area contributed by atoms with Crippen LogP contribution in [-0.4, -0.2) is 55.2 Å². The Bertz CT molecular complexity index is 1310. The van der Waals surface area contributed by atoms with Crippen LogP contribution >= 0.6 is 0 Å². The normalized spacial score (nSPS) is 21.9. The maximum absolute atomic E-state index is 14.5. The Labute approximate surface area is 240 Å². The number of amidine groups is 1. The number of aryl methyl sites for hydroxylation is 1. The second kappa shape index (κ2) is 15.2. The lowest BCUT2D eigenvalue weighted by atomic mass is 9.92. The maximum Gasteiger partial charge on any atom is 0.251 e. The van der Waals surface area contributed by atoms with Crippen molar-refractivity contribution in [2.45, 2.75) is 59.7 Å². The number of hydrogen-bond donors (Lipinski definition) is 4. The van der Waals surface area contributed by atoms with Gasteiger partial charge in [0.2, 0.25) is 5.91 Å². The van der Waals surface area contributed by atoms with Crippen LogP contribution in [-0.2, 0) is 4.79 Å². The van der Waals surface area contributed by atoms with Crippen LogP contribution in [0.1, 0.15) is 56.5 Å². The average Bonchev–Trinajstić information content (AvgIpc) is 3.50. The molecule has 2 amide bonds. The first-order valence-corrected chi connectivity index (χ1v) is 13.9. The molecule has 1 aromatic carbocycles. The van der Waals surface area contributed by atoms with Crippen LogP contribution in [0.5, 0.6) is 0 Å². The number of halogens is 2. The molecular weight excluding hydrogens is 526 g/mol. The number of amides is 2. The van der Waals surface area contributed by atoms with Crippen LogP contribution in [0.3, 0.4) is 0 Å². The van der Waals surface area contributed by atoms with Crippen LogP contribution in [0.4, 0.5) is 14.5 Å². The summed E-state index contributed by atoms with van der Waals surface area (Å²) >= 11 is 0.